The zero-order chi connectivity index (χ0) is 18.1. The number of hydrogen-bond donors (Lipinski definition) is 2. The minimum Gasteiger partial charge on any atom is -0.481 e. The van der Waals surface area contributed by atoms with Gasteiger partial charge in [-0.1, -0.05) is 17.7 Å². The van der Waals surface area contributed by atoms with Crippen LogP contribution in [0.5, 0.6) is 0 Å². The Balaban J connectivity index is 3.27. The molecule has 5 nitrogen and oxygen atoms in total. The molecule has 0 aliphatic carbocycles. The van der Waals surface area contributed by atoms with E-state index in [1.165, 1.54) is 13.8 Å². The van der Waals surface area contributed by atoms with Crippen molar-refractivity contribution in [1.29, 1.82) is 0 Å². The predicted octanol–water partition coefficient (Wildman–Crippen LogP) is 3.28. The molecule has 0 aliphatic heterocycles. The van der Waals surface area contributed by atoms with Gasteiger partial charge in [-0.25, -0.2) is 13.1 Å². The van der Waals surface area contributed by atoms with Crippen molar-refractivity contribution >= 4 is 27.6 Å². The summed E-state index contributed by atoms with van der Waals surface area (Å²) in [6, 6.07) is 2.65. The van der Waals surface area contributed by atoms with Crippen LogP contribution in [0.2, 0.25) is 5.02 Å². The molecule has 0 radical (unpaired) electrons. The number of halogens is 4. The van der Waals surface area contributed by atoms with Crippen LogP contribution in [0, 0.1) is 0 Å². The first-order chi connectivity index (χ1) is 10.3. The topological polar surface area (TPSA) is 83.5 Å². The van der Waals surface area contributed by atoms with Crippen molar-refractivity contribution in [3.05, 3.63) is 28.8 Å². The Morgan fingerprint density at radius 2 is 1.87 bits per heavy atom. The Morgan fingerprint density at radius 3 is 2.35 bits per heavy atom. The van der Waals surface area contributed by atoms with Crippen LogP contribution in [-0.2, 0) is 21.0 Å². The predicted molar refractivity (Wildman–Crippen MR) is 77.7 cm³/mol. The molecule has 1 aromatic rings. The van der Waals surface area contributed by atoms with Crippen molar-refractivity contribution in [2.75, 3.05) is 0 Å². The van der Waals surface area contributed by atoms with Crippen LogP contribution in [0.15, 0.2) is 23.1 Å². The Hall–Kier alpha value is -1.32. The van der Waals surface area contributed by atoms with E-state index in [0.717, 1.165) is 12.1 Å². The summed E-state index contributed by atoms with van der Waals surface area (Å²) in [5.74, 6) is -1.15. The van der Waals surface area contributed by atoms with Crippen LogP contribution in [-0.4, -0.2) is 25.0 Å². The largest absolute Gasteiger partial charge is 0.481 e. The molecular formula is C13H15ClF3NO4S. The third-order valence-electron chi connectivity index (χ3n) is 2.92. The first-order valence-electron chi connectivity index (χ1n) is 6.38. The molecule has 0 aromatic heterocycles. The fourth-order valence-electron chi connectivity index (χ4n) is 1.89. The minimum absolute atomic E-state index is 0.104. The van der Waals surface area contributed by atoms with E-state index in [-0.39, 0.29) is 12.8 Å². The Kier molecular flexibility index (Phi) is 5.71. The molecule has 0 bridgehead atoms. The number of carbonyl (C=O) groups is 1. The van der Waals surface area contributed by atoms with Gasteiger partial charge < -0.3 is 5.11 Å². The van der Waals surface area contributed by atoms with Gasteiger partial charge in [-0.05, 0) is 32.4 Å². The first kappa shape index (κ1) is 19.7. The molecular weight excluding hydrogens is 359 g/mol. The van der Waals surface area contributed by atoms with E-state index in [1.807, 2.05) is 0 Å². The van der Waals surface area contributed by atoms with Crippen LogP contribution in [0.1, 0.15) is 32.3 Å². The summed E-state index contributed by atoms with van der Waals surface area (Å²) in [6.07, 6.45) is -5.35. The van der Waals surface area contributed by atoms with Gasteiger partial charge in [-0.2, -0.15) is 13.2 Å². The summed E-state index contributed by atoms with van der Waals surface area (Å²) in [5.41, 5.74) is -2.65. The smallest absolute Gasteiger partial charge is 0.417 e. The maximum Gasteiger partial charge on any atom is 0.417 e. The second-order valence-corrected chi connectivity index (χ2v) is 7.52. The summed E-state index contributed by atoms with van der Waals surface area (Å²) in [4.78, 5) is 9.50. The van der Waals surface area contributed by atoms with Gasteiger partial charge in [-0.15, -0.1) is 0 Å². The highest BCUT2D eigenvalue weighted by molar-refractivity contribution is 7.89. The van der Waals surface area contributed by atoms with Crippen molar-refractivity contribution < 1.29 is 31.5 Å². The monoisotopic (exact) mass is 373 g/mol. The zero-order valence-electron chi connectivity index (χ0n) is 12.2. The molecule has 1 rings (SSSR count). The Bertz CT molecular complexity index is 702. The van der Waals surface area contributed by atoms with Gasteiger partial charge in [0.25, 0.3) is 0 Å². The number of carboxylic acids is 1. The van der Waals surface area contributed by atoms with Gasteiger partial charge in [0, 0.05) is 12.0 Å². The minimum atomic E-state index is -4.90. The van der Waals surface area contributed by atoms with Crippen LogP contribution < -0.4 is 4.72 Å². The van der Waals surface area contributed by atoms with E-state index >= 15 is 0 Å². The van der Waals surface area contributed by atoms with Crippen LogP contribution in [0.3, 0.4) is 0 Å². The summed E-state index contributed by atoms with van der Waals surface area (Å²) < 4.78 is 65.8. The van der Waals surface area contributed by atoms with Crippen molar-refractivity contribution in [1.82, 2.24) is 4.72 Å². The number of nitrogens with one attached hydrogen (secondary N) is 1. The van der Waals surface area contributed by atoms with Gasteiger partial charge in [0.2, 0.25) is 10.0 Å². The second-order valence-electron chi connectivity index (χ2n) is 5.50. The summed E-state index contributed by atoms with van der Waals surface area (Å²) in [6.45, 7) is 2.75. The highest BCUT2D eigenvalue weighted by Crippen LogP contribution is 2.37. The summed E-state index contributed by atoms with van der Waals surface area (Å²) >= 11 is 5.66. The Labute approximate surface area is 136 Å². The molecule has 0 unspecified atom stereocenters. The van der Waals surface area contributed by atoms with Gasteiger partial charge in [0.15, 0.2) is 0 Å². The molecule has 2 N–H and O–H groups in total. The molecule has 0 spiro atoms. The highest BCUT2D eigenvalue weighted by atomic mass is 35.5. The van der Waals surface area contributed by atoms with E-state index in [1.54, 1.807) is 0 Å². The lowest BCUT2D eigenvalue weighted by molar-refractivity contribution is -0.140. The van der Waals surface area contributed by atoms with E-state index in [4.69, 9.17) is 16.7 Å². The SMILES string of the molecule is CC(C)(CCC(=O)O)NS(=O)(=O)c1c(Cl)cccc1C(F)(F)F. The fraction of sp³-hybridized carbons (Fsp3) is 0.462. The first-order valence-corrected chi connectivity index (χ1v) is 8.24. The van der Waals surface area contributed by atoms with Gasteiger partial charge in [0.1, 0.15) is 4.90 Å². The number of benzene rings is 1. The molecule has 130 valence electrons. The number of alkyl halides is 3. The molecule has 0 aliphatic rings. The average Bonchev–Trinajstić information content (AvgIpc) is 2.33. The fourth-order valence-corrected chi connectivity index (χ4v) is 4.10. The number of rotatable bonds is 6. The third-order valence-corrected chi connectivity index (χ3v) is 5.14. The van der Waals surface area contributed by atoms with Gasteiger partial charge in [-0.3, -0.25) is 4.79 Å². The maximum atomic E-state index is 13.0. The molecule has 0 saturated carbocycles. The molecule has 0 amide bonds. The summed E-state index contributed by atoms with van der Waals surface area (Å²) in [7, 11) is -4.61. The standard InChI is InChI=1S/C13H15ClF3NO4S/c1-12(2,7-6-10(19)20)18-23(21,22)11-8(13(15,16)17)4-3-5-9(11)14/h3-5,18H,6-7H2,1-2H3,(H,19,20). The average molecular weight is 374 g/mol. The van der Waals surface area contributed by atoms with Crippen molar-refractivity contribution in [2.45, 2.75) is 43.3 Å². The van der Waals surface area contributed by atoms with E-state index in [9.17, 15) is 26.4 Å². The van der Waals surface area contributed by atoms with E-state index in [2.05, 4.69) is 4.72 Å². The Morgan fingerprint density at radius 1 is 1.30 bits per heavy atom. The lowest BCUT2D eigenvalue weighted by Crippen LogP contribution is -2.44. The molecule has 0 saturated heterocycles. The van der Waals surface area contributed by atoms with Gasteiger partial charge >= 0.3 is 12.1 Å². The lowest BCUT2D eigenvalue weighted by atomic mass is 10.0. The number of hydrogen-bond acceptors (Lipinski definition) is 3. The maximum absolute atomic E-state index is 13.0. The number of aliphatic carboxylic acids is 1. The molecule has 0 fully saturated rings. The number of sulfonamides is 1. The van der Waals surface area contributed by atoms with E-state index in [0.29, 0.717) is 6.07 Å². The van der Waals surface area contributed by atoms with Crippen LogP contribution >= 0.6 is 11.6 Å². The lowest BCUT2D eigenvalue weighted by Gasteiger charge is -2.26. The molecule has 10 heteroatoms. The van der Waals surface area contributed by atoms with Crippen molar-refractivity contribution in [3.63, 3.8) is 0 Å². The summed E-state index contributed by atoms with van der Waals surface area (Å²) in [5, 5.41) is 8.07. The van der Waals surface area contributed by atoms with Crippen LogP contribution in [0.4, 0.5) is 13.2 Å². The normalized spacial score (nSPS) is 13.1. The molecule has 23 heavy (non-hydrogen) atoms. The quantitative estimate of drug-likeness (QED) is 0.801. The van der Waals surface area contributed by atoms with Crippen molar-refractivity contribution in [2.24, 2.45) is 0 Å². The molecule has 0 heterocycles. The third kappa shape index (κ3) is 5.36. The van der Waals surface area contributed by atoms with Gasteiger partial charge in [0.05, 0.1) is 10.6 Å². The number of carboxylic acid groups (broad SMARTS) is 1. The molecule has 1 aromatic carbocycles. The molecule has 0 atom stereocenters. The van der Waals surface area contributed by atoms with E-state index < -0.39 is 43.2 Å². The van der Waals surface area contributed by atoms with Crippen LogP contribution in [0.25, 0.3) is 0 Å². The highest BCUT2D eigenvalue weighted by Gasteiger charge is 2.40. The second kappa shape index (κ2) is 6.66. The zero-order valence-corrected chi connectivity index (χ0v) is 13.8. The van der Waals surface area contributed by atoms with Crippen molar-refractivity contribution in [3.8, 4) is 0 Å².